The van der Waals surface area contributed by atoms with Crippen molar-refractivity contribution in [1.82, 2.24) is 5.32 Å². The second kappa shape index (κ2) is 9.33. The third-order valence-corrected chi connectivity index (χ3v) is 9.84. The van der Waals surface area contributed by atoms with Crippen LogP contribution in [-0.4, -0.2) is 37.4 Å². The molecule has 4 fully saturated rings. The first-order valence-corrected chi connectivity index (χ1v) is 13.4. The molecule has 5 aliphatic rings. The predicted octanol–water partition coefficient (Wildman–Crippen LogP) is 5.96. The minimum atomic E-state index is -0.443. The van der Waals surface area contributed by atoms with Gasteiger partial charge in [-0.2, -0.15) is 0 Å². The minimum Gasteiger partial charge on any atom is -0.353 e. The highest BCUT2D eigenvalue weighted by atomic mass is 16.7. The summed E-state index contributed by atoms with van der Waals surface area (Å²) in [6, 6.07) is 0. The third kappa shape index (κ3) is 4.27. The Morgan fingerprint density at radius 2 is 1.97 bits per heavy atom. The summed E-state index contributed by atoms with van der Waals surface area (Å²) in [6.45, 7) is 8.20. The van der Waals surface area contributed by atoms with Crippen LogP contribution in [0, 0.1) is 28.6 Å². The molecule has 0 unspecified atom stereocenters. The van der Waals surface area contributed by atoms with E-state index in [-0.39, 0.29) is 11.7 Å². The molecule has 1 saturated heterocycles. The zero-order valence-electron chi connectivity index (χ0n) is 20.7. The average Bonchev–Trinajstić information content (AvgIpc) is 3.15. The van der Waals surface area contributed by atoms with Gasteiger partial charge in [-0.1, -0.05) is 30.7 Å². The number of ether oxygens (including phenoxy) is 2. The molecule has 1 heterocycles. The van der Waals surface area contributed by atoms with Gasteiger partial charge in [0.15, 0.2) is 6.29 Å². The Kier molecular flexibility index (Phi) is 6.60. The molecule has 6 heteroatoms. The van der Waals surface area contributed by atoms with Gasteiger partial charge in [0.2, 0.25) is 0 Å². The number of rotatable bonds is 4. The zero-order valence-corrected chi connectivity index (χ0v) is 20.7. The molecule has 1 aliphatic heterocycles. The van der Waals surface area contributed by atoms with E-state index in [4.69, 9.17) is 14.3 Å². The van der Waals surface area contributed by atoms with Crippen LogP contribution in [0.5, 0.6) is 0 Å². The van der Waals surface area contributed by atoms with Gasteiger partial charge in [0, 0.05) is 18.6 Å². The van der Waals surface area contributed by atoms with Crippen LogP contribution in [0.4, 0.5) is 4.79 Å². The van der Waals surface area contributed by atoms with Crippen molar-refractivity contribution in [2.24, 2.45) is 33.7 Å². The number of nitrogens with one attached hydrogen (secondary N) is 1. The van der Waals surface area contributed by atoms with Crippen molar-refractivity contribution in [1.29, 1.82) is 0 Å². The Labute approximate surface area is 198 Å². The van der Waals surface area contributed by atoms with Crippen molar-refractivity contribution in [2.75, 3.05) is 13.2 Å². The van der Waals surface area contributed by atoms with Gasteiger partial charge < -0.3 is 14.8 Å². The fourth-order valence-electron chi connectivity index (χ4n) is 7.99. The van der Waals surface area contributed by atoms with Gasteiger partial charge in [0.05, 0.1) is 11.8 Å². The molecule has 0 aromatic rings. The Morgan fingerprint density at radius 1 is 1.15 bits per heavy atom. The van der Waals surface area contributed by atoms with Crippen LogP contribution in [0.1, 0.15) is 91.4 Å². The fraction of sp³-hybridized carbons (Fsp3) is 0.852. The Morgan fingerprint density at radius 3 is 2.76 bits per heavy atom. The van der Waals surface area contributed by atoms with Gasteiger partial charge in [-0.3, -0.25) is 4.84 Å². The summed E-state index contributed by atoms with van der Waals surface area (Å²) in [5, 5.41) is 7.03. The summed E-state index contributed by atoms with van der Waals surface area (Å²) < 4.78 is 12.3. The molecule has 4 aliphatic carbocycles. The van der Waals surface area contributed by atoms with Gasteiger partial charge in [0.1, 0.15) is 0 Å². The second-order valence-corrected chi connectivity index (χ2v) is 11.5. The molecule has 5 rings (SSSR count). The zero-order chi connectivity index (χ0) is 23.1. The highest BCUT2D eigenvalue weighted by molar-refractivity contribution is 5.92. The Balaban J connectivity index is 1.28. The lowest BCUT2D eigenvalue weighted by Gasteiger charge is -2.57. The van der Waals surface area contributed by atoms with Gasteiger partial charge in [0.25, 0.3) is 0 Å². The Bertz CT molecular complexity index is 804. The summed E-state index contributed by atoms with van der Waals surface area (Å²) in [5.41, 5.74) is 3.11. The van der Waals surface area contributed by atoms with E-state index in [0.717, 1.165) is 50.3 Å². The summed E-state index contributed by atoms with van der Waals surface area (Å²) in [4.78, 5) is 17.0. The molecular formula is C27H42N2O4. The molecule has 1 N–H and O–H groups in total. The van der Waals surface area contributed by atoms with Crippen molar-refractivity contribution in [3.8, 4) is 0 Å². The quantitative estimate of drug-likeness (QED) is 0.320. The molecule has 0 bridgehead atoms. The van der Waals surface area contributed by atoms with E-state index < -0.39 is 6.09 Å². The van der Waals surface area contributed by atoms with E-state index in [1.807, 2.05) is 6.92 Å². The van der Waals surface area contributed by atoms with Crippen LogP contribution in [0.25, 0.3) is 0 Å². The molecular weight excluding hydrogens is 416 g/mol. The standard InChI is InChI=1S/C27H42N2O4/c1-4-28-25(30)33-29-23-11-10-21-20-9-8-18-17-19(32-24-7-5-6-16-31-24)12-14-26(18,2)22(20)13-15-27(21,23)3/h8,19-22,24H,4-7,9-17H2,1-3H3,(H,28,30)/b29-23-/t19-,20+,21+,22+,24-,26+,27+/m1/s1. The molecule has 0 aromatic carbocycles. The molecule has 0 aromatic heterocycles. The predicted molar refractivity (Wildman–Crippen MR) is 128 cm³/mol. The monoisotopic (exact) mass is 458 g/mol. The summed E-state index contributed by atoms with van der Waals surface area (Å²) in [5.74, 6) is 2.08. The van der Waals surface area contributed by atoms with Crippen LogP contribution in [0.3, 0.4) is 0 Å². The molecule has 184 valence electrons. The largest absolute Gasteiger partial charge is 0.433 e. The van der Waals surface area contributed by atoms with Crippen LogP contribution in [0.2, 0.25) is 0 Å². The van der Waals surface area contributed by atoms with Crippen molar-refractivity contribution in [3.05, 3.63) is 11.6 Å². The first-order valence-electron chi connectivity index (χ1n) is 13.4. The number of nitrogens with zero attached hydrogens (tertiary/aromatic N) is 1. The number of hydrogen-bond donors (Lipinski definition) is 1. The highest BCUT2D eigenvalue weighted by Gasteiger charge is 2.58. The highest BCUT2D eigenvalue weighted by Crippen LogP contribution is 2.64. The SMILES string of the molecule is CCNC(=O)O/N=C1/CC[C@H]2[C@@H]3CC=C4C[C@H](O[C@@H]5CCCCO5)CC[C@]4(C)[C@H]3CC[C@]12C. The van der Waals surface area contributed by atoms with E-state index in [2.05, 4.69) is 30.4 Å². The van der Waals surface area contributed by atoms with E-state index in [9.17, 15) is 4.79 Å². The maximum Gasteiger partial charge on any atom is 0.433 e. The Hall–Kier alpha value is -1.40. The molecule has 3 saturated carbocycles. The van der Waals surface area contributed by atoms with Crippen LogP contribution in [-0.2, 0) is 14.3 Å². The van der Waals surface area contributed by atoms with E-state index in [1.54, 1.807) is 5.57 Å². The van der Waals surface area contributed by atoms with Crippen molar-refractivity contribution < 1.29 is 19.1 Å². The lowest BCUT2D eigenvalue weighted by molar-refractivity contribution is -0.195. The first kappa shape index (κ1) is 23.3. The van der Waals surface area contributed by atoms with Gasteiger partial charge >= 0.3 is 6.09 Å². The van der Waals surface area contributed by atoms with Crippen LogP contribution in [0.15, 0.2) is 16.8 Å². The molecule has 7 atom stereocenters. The summed E-state index contributed by atoms with van der Waals surface area (Å²) in [6.07, 6.45) is 15.0. The number of oxime groups is 1. The fourth-order valence-corrected chi connectivity index (χ4v) is 7.99. The van der Waals surface area contributed by atoms with Gasteiger partial charge in [-0.25, -0.2) is 4.79 Å². The lowest BCUT2D eigenvalue weighted by Crippen LogP contribution is -2.50. The smallest absolute Gasteiger partial charge is 0.353 e. The third-order valence-electron chi connectivity index (χ3n) is 9.84. The number of amides is 1. The van der Waals surface area contributed by atoms with Crippen molar-refractivity contribution >= 4 is 11.8 Å². The average molecular weight is 459 g/mol. The van der Waals surface area contributed by atoms with Crippen LogP contribution < -0.4 is 5.32 Å². The second-order valence-electron chi connectivity index (χ2n) is 11.5. The van der Waals surface area contributed by atoms with Crippen molar-refractivity contribution in [2.45, 2.75) is 104 Å². The number of carbonyl (C=O) groups excluding carboxylic acids is 1. The summed E-state index contributed by atoms with van der Waals surface area (Å²) >= 11 is 0. The van der Waals surface area contributed by atoms with Gasteiger partial charge in [-0.15, -0.1) is 0 Å². The maximum absolute atomic E-state index is 11.8. The van der Waals surface area contributed by atoms with E-state index in [0.29, 0.717) is 29.9 Å². The lowest BCUT2D eigenvalue weighted by atomic mass is 9.48. The number of fused-ring (bicyclic) bond motifs is 5. The van der Waals surface area contributed by atoms with Gasteiger partial charge in [-0.05, 0) is 101 Å². The van der Waals surface area contributed by atoms with Crippen molar-refractivity contribution in [3.63, 3.8) is 0 Å². The topological polar surface area (TPSA) is 69.2 Å². The van der Waals surface area contributed by atoms with E-state index in [1.165, 1.54) is 38.5 Å². The number of carbonyl (C=O) groups is 1. The number of allylic oxidation sites excluding steroid dienone is 1. The van der Waals surface area contributed by atoms with Crippen LogP contribution >= 0.6 is 0 Å². The first-order chi connectivity index (χ1) is 15.9. The molecule has 0 spiro atoms. The minimum absolute atomic E-state index is 0.0123. The normalized spacial score (nSPS) is 43.8. The molecule has 6 nitrogen and oxygen atoms in total. The van der Waals surface area contributed by atoms with E-state index >= 15 is 0 Å². The molecule has 33 heavy (non-hydrogen) atoms. The molecule has 1 amide bonds. The number of hydrogen-bond acceptors (Lipinski definition) is 5. The maximum atomic E-state index is 11.8. The summed E-state index contributed by atoms with van der Waals surface area (Å²) in [7, 11) is 0. The molecule has 0 radical (unpaired) electrons.